The molecule has 1 fully saturated rings. The van der Waals surface area contributed by atoms with Gasteiger partial charge in [-0.25, -0.2) is 9.97 Å². The largest absolute Gasteiger partial charge is 0.366 e. The van der Waals surface area contributed by atoms with Gasteiger partial charge in [0.05, 0.1) is 6.10 Å². The standard InChI is InChI=1S/C11H13N3OS/c12-6-7-3-4-9(15-7)11-14-8-2-1-5-13-10(8)16-11/h1-2,5,7,9H,3-4,6,12H2. The quantitative estimate of drug-likeness (QED) is 0.863. The molecule has 0 spiro atoms. The summed E-state index contributed by atoms with van der Waals surface area (Å²) in [6.07, 6.45) is 4.16. The Morgan fingerprint density at radius 1 is 1.50 bits per heavy atom. The van der Waals surface area contributed by atoms with E-state index in [2.05, 4.69) is 9.97 Å². The smallest absolute Gasteiger partial charge is 0.143 e. The summed E-state index contributed by atoms with van der Waals surface area (Å²) in [7, 11) is 0. The maximum atomic E-state index is 5.82. The van der Waals surface area contributed by atoms with Crippen molar-refractivity contribution in [1.82, 2.24) is 9.97 Å². The van der Waals surface area contributed by atoms with E-state index in [-0.39, 0.29) is 12.2 Å². The first-order valence-electron chi connectivity index (χ1n) is 5.44. The molecule has 84 valence electrons. The summed E-state index contributed by atoms with van der Waals surface area (Å²) in [6.45, 7) is 0.597. The number of nitrogens with zero attached hydrogens (tertiary/aromatic N) is 2. The average molecular weight is 235 g/mol. The molecule has 0 aliphatic carbocycles. The summed E-state index contributed by atoms with van der Waals surface area (Å²) in [5, 5.41) is 1.03. The molecular formula is C11H13N3OS. The molecule has 3 heterocycles. The third-order valence-electron chi connectivity index (χ3n) is 2.83. The second-order valence-electron chi connectivity index (χ2n) is 3.94. The molecule has 1 aliphatic heterocycles. The van der Waals surface area contributed by atoms with Crippen LogP contribution in [0.1, 0.15) is 24.0 Å². The van der Waals surface area contributed by atoms with Crippen LogP contribution in [0.5, 0.6) is 0 Å². The summed E-state index contributed by atoms with van der Waals surface area (Å²) in [4.78, 5) is 9.83. The number of nitrogens with two attached hydrogens (primary N) is 1. The van der Waals surface area contributed by atoms with Crippen LogP contribution in [0.3, 0.4) is 0 Å². The number of aromatic nitrogens is 2. The summed E-state index contributed by atoms with van der Waals surface area (Å²) in [6, 6.07) is 3.89. The van der Waals surface area contributed by atoms with Crippen LogP contribution in [0.4, 0.5) is 0 Å². The predicted octanol–water partition coefficient (Wildman–Crippen LogP) is 1.87. The number of pyridine rings is 1. The van der Waals surface area contributed by atoms with Crippen molar-refractivity contribution in [1.29, 1.82) is 0 Å². The molecule has 16 heavy (non-hydrogen) atoms. The van der Waals surface area contributed by atoms with Gasteiger partial charge in [-0.05, 0) is 25.0 Å². The van der Waals surface area contributed by atoms with Gasteiger partial charge in [0, 0.05) is 12.7 Å². The third kappa shape index (κ3) is 1.71. The van der Waals surface area contributed by atoms with Gasteiger partial charge in [-0.1, -0.05) is 11.3 Å². The van der Waals surface area contributed by atoms with Crippen molar-refractivity contribution in [2.24, 2.45) is 5.73 Å². The van der Waals surface area contributed by atoms with Gasteiger partial charge in [-0.15, -0.1) is 0 Å². The van der Waals surface area contributed by atoms with Crippen LogP contribution >= 0.6 is 11.3 Å². The molecule has 2 N–H and O–H groups in total. The lowest BCUT2D eigenvalue weighted by atomic mass is 10.2. The first-order chi connectivity index (χ1) is 7.86. The van der Waals surface area contributed by atoms with Crippen molar-refractivity contribution in [3.8, 4) is 0 Å². The molecule has 2 unspecified atom stereocenters. The Labute approximate surface area is 97.5 Å². The van der Waals surface area contributed by atoms with E-state index in [0.29, 0.717) is 6.54 Å². The van der Waals surface area contributed by atoms with E-state index in [1.54, 1.807) is 17.5 Å². The van der Waals surface area contributed by atoms with Crippen molar-refractivity contribution in [3.63, 3.8) is 0 Å². The Balaban J connectivity index is 1.89. The molecule has 2 atom stereocenters. The maximum Gasteiger partial charge on any atom is 0.143 e. The lowest BCUT2D eigenvalue weighted by molar-refractivity contribution is 0.0498. The van der Waals surface area contributed by atoms with E-state index in [9.17, 15) is 0 Å². The molecule has 2 aromatic rings. The van der Waals surface area contributed by atoms with Gasteiger partial charge >= 0.3 is 0 Å². The topological polar surface area (TPSA) is 61.0 Å². The van der Waals surface area contributed by atoms with Crippen LogP contribution in [-0.4, -0.2) is 22.6 Å². The lowest BCUT2D eigenvalue weighted by Gasteiger charge is -2.08. The minimum absolute atomic E-state index is 0.118. The highest BCUT2D eigenvalue weighted by molar-refractivity contribution is 7.18. The van der Waals surface area contributed by atoms with Gasteiger partial charge in [0.15, 0.2) is 0 Å². The predicted molar refractivity (Wildman–Crippen MR) is 63.3 cm³/mol. The summed E-state index contributed by atoms with van der Waals surface area (Å²) < 4.78 is 5.82. The van der Waals surface area contributed by atoms with Crippen LogP contribution in [0.25, 0.3) is 10.3 Å². The van der Waals surface area contributed by atoms with E-state index in [1.807, 2.05) is 12.1 Å². The molecule has 1 saturated heterocycles. The van der Waals surface area contributed by atoms with Crippen LogP contribution in [0.15, 0.2) is 18.3 Å². The van der Waals surface area contributed by atoms with E-state index in [4.69, 9.17) is 10.5 Å². The molecule has 4 nitrogen and oxygen atoms in total. The number of hydrogen-bond acceptors (Lipinski definition) is 5. The minimum Gasteiger partial charge on any atom is -0.366 e. The van der Waals surface area contributed by atoms with Gasteiger partial charge < -0.3 is 10.5 Å². The normalized spacial score (nSPS) is 25.3. The number of fused-ring (bicyclic) bond motifs is 1. The van der Waals surface area contributed by atoms with Crippen LogP contribution in [-0.2, 0) is 4.74 Å². The highest BCUT2D eigenvalue weighted by Crippen LogP contribution is 2.35. The number of hydrogen-bond donors (Lipinski definition) is 1. The second kappa shape index (κ2) is 4.08. The fourth-order valence-electron chi connectivity index (χ4n) is 1.99. The Morgan fingerprint density at radius 2 is 2.44 bits per heavy atom. The Hall–Kier alpha value is -1.04. The van der Waals surface area contributed by atoms with Crippen LogP contribution in [0.2, 0.25) is 0 Å². The number of thiazole rings is 1. The first kappa shape index (κ1) is 10.1. The van der Waals surface area contributed by atoms with E-state index in [0.717, 1.165) is 28.2 Å². The van der Waals surface area contributed by atoms with Gasteiger partial charge in [0.2, 0.25) is 0 Å². The van der Waals surface area contributed by atoms with Crippen LogP contribution < -0.4 is 5.73 Å². The maximum absolute atomic E-state index is 5.82. The molecule has 0 amide bonds. The SMILES string of the molecule is NCC1CCC(c2nc3cccnc3s2)O1. The summed E-state index contributed by atoms with van der Waals surface area (Å²) in [5.41, 5.74) is 6.56. The Morgan fingerprint density at radius 3 is 3.19 bits per heavy atom. The minimum atomic E-state index is 0.118. The van der Waals surface area contributed by atoms with Gasteiger partial charge in [-0.2, -0.15) is 0 Å². The molecule has 2 aromatic heterocycles. The third-order valence-corrected chi connectivity index (χ3v) is 3.90. The van der Waals surface area contributed by atoms with E-state index >= 15 is 0 Å². The van der Waals surface area contributed by atoms with Crippen molar-refractivity contribution in [2.75, 3.05) is 6.54 Å². The average Bonchev–Trinajstić information content (AvgIpc) is 2.95. The van der Waals surface area contributed by atoms with Gasteiger partial charge in [-0.3, -0.25) is 0 Å². The molecule has 3 rings (SSSR count). The molecule has 0 aromatic carbocycles. The van der Waals surface area contributed by atoms with Crippen LogP contribution in [0, 0.1) is 0 Å². The number of ether oxygens (including phenoxy) is 1. The molecule has 0 radical (unpaired) electrons. The van der Waals surface area contributed by atoms with Crippen molar-refractivity contribution >= 4 is 21.7 Å². The highest BCUT2D eigenvalue weighted by atomic mass is 32.1. The zero-order valence-electron chi connectivity index (χ0n) is 8.80. The van der Waals surface area contributed by atoms with Gasteiger partial charge in [0.1, 0.15) is 21.5 Å². The first-order valence-corrected chi connectivity index (χ1v) is 6.25. The van der Waals surface area contributed by atoms with Crippen molar-refractivity contribution < 1.29 is 4.74 Å². The summed E-state index contributed by atoms with van der Waals surface area (Å²) >= 11 is 1.62. The van der Waals surface area contributed by atoms with Crippen molar-refractivity contribution in [2.45, 2.75) is 25.0 Å². The van der Waals surface area contributed by atoms with E-state index < -0.39 is 0 Å². The fraction of sp³-hybridized carbons (Fsp3) is 0.455. The Bertz CT molecular complexity index is 466. The van der Waals surface area contributed by atoms with E-state index in [1.165, 1.54) is 0 Å². The number of rotatable bonds is 2. The molecule has 1 aliphatic rings. The molecular weight excluding hydrogens is 222 g/mol. The highest BCUT2D eigenvalue weighted by Gasteiger charge is 2.27. The zero-order valence-corrected chi connectivity index (χ0v) is 9.61. The molecule has 5 heteroatoms. The Kier molecular flexibility index (Phi) is 2.59. The second-order valence-corrected chi connectivity index (χ2v) is 4.95. The fourth-order valence-corrected chi connectivity index (χ4v) is 2.96. The monoisotopic (exact) mass is 235 g/mol. The molecule has 0 saturated carbocycles. The van der Waals surface area contributed by atoms with Crippen molar-refractivity contribution in [3.05, 3.63) is 23.3 Å². The lowest BCUT2D eigenvalue weighted by Crippen LogP contribution is -2.18. The van der Waals surface area contributed by atoms with Gasteiger partial charge in [0.25, 0.3) is 0 Å². The summed E-state index contributed by atoms with van der Waals surface area (Å²) in [5.74, 6) is 0. The zero-order chi connectivity index (χ0) is 11.0. The molecule has 0 bridgehead atoms.